The smallest absolute Gasteiger partial charge is 0.295 e. The first-order chi connectivity index (χ1) is 9.08. The van der Waals surface area contributed by atoms with Gasteiger partial charge < -0.3 is 5.32 Å². The zero-order chi connectivity index (χ0) is 13.9. The van der Waals surface area contributed by atoms with Crippen molar-refractivity contribution in [3.05, 3.63) is 33.9 Å². The second-order valence-corrected chi connectivity index (χ2v) is 5.64. The van der Waals surface area contributed by atoms with E-state index in [0.29, 0.717) is 16.7 Å². The molecule has 4 nitrogen and oxygen atoms in total. The van der Waals surface area contributed by atoms with Crippen LogP contribution in [0.15, 0.2) is 18.2 Å². The lowest BCUT2D eigenvalue weighted by Crippen LogP contribution is -2.26. The summed E-state index contributed by atoms with van der Waals surface area (Å²) in [6.07, 6.45) is 6.17. The van der Waals surface area contributed by atoms with Crippen LogP contribution in [0.25, 0.3) is 0 Å². The molecule has 1 aliphatic rings. The molecule has 0 bridgehead atoms. The Balaban J connectivity index is 2.15. The number of nitrogens with zero attached hydrogens (tertiary/aromatic N) is 1. The van der Waals surface area contributed by atoms with Crippen LogP contribution in [0.2, 0.25) is 0 Å². The molecule has 1 aromatic carbocycles. The number of nitrogens with one attached hydrogen (secondary N) is 1. The second-order valence-electron chi connectivity index (χ2n) is 5.64. The summed E-state index contributed by atoms with van der Waals surface area (Å²) in [6.45, 7) is 4.85. The first-order valence-electron chi connectivity index (χ1n) is 7.06. The highest BCUT2D eigenvalue weighted by Gasteiger charge is 2.32. The van der Waals surface area contributed by atoms with Crippen molar-refractivity contribution in [1.82, 2.24) is 0 Å². The van der Waals surface area contributed by atoms with E-state index in [0.717, 1.165) is 13.0 Å². The molecule has 0 atom stereocenters. The molecule has 1 saturated carbocycles. The molecule has 104 valence electrons. The zero-order valence-electron chi connectivity index (χ0n) is 11.7. The third kappa shape index (κ3) is 2.88. The van der Waals surface area contributed by atoms with Gasteiger partial charge in [-0.1, -0.05) is 31.9 Å². The molecule has 0 aliphatic heterocycles. The van der Waals surface area contributed by atoms with Gasteiger partial charge in [-0.3, -0.25) is 10.1 Å². The molecule has 1 fully saturated rings. The molecule has 1 aliphatic carbocycles. The number of benzene rings is 1. The Labute approximate surface area is 114 Å². The zero-order valence-corrected chi connectivity index (χ0v) is 11.7. The number of hydrogen-bond acceptors (Lipinski definition) is 3. The standard InChI is InChI=1S/C15H22N2O2/c1-3-15(9-4-5-10-15)11-16-13-8-6-7-12(2)14(13)17(18)19/h6-8,16H,3-5,9-11H2,1-2H3. The maximum absolute atomic E-state index is 11.2. The maximum Gasteiger partial charge on any atom is 0.295 e. The van der Waals surface area contributed by atoms with Crippen molar-refractivity contribution < 1.29 is 4.92 Å². The molecule has 1 aromatic rings. The molecule has 0 saturated heterocycles. The minimum absolute atomic E-state index is 0.215. The van der Waals surface area contributed by atoms with Crippen molar-refractivity contribution in [1.29, 1.82) is 0 Å². The molecule has 0 amide bonds. The normalized spacial score (nSPS) is 17.4. The Morgan fingerprint density at radius 2 is 2.05 bits per heavy atom. The molecule has 0 radical (unpaired) electrons. The quantitative estimate of drug-likeness (QED) is 0.636. The number of anilines is 1. The summed E-state index contributed by atoms with van der Waals surface area (Å²) < 4.78 is 0. The number of nitro benzene ring substituents is 1. The first kappa shape index (κ1) is 13.8. The van der Waals surface area contributed by atoms with Crippen molar-refractivity contribution in [2.45, 2.75) is 46.0 Å². The van der Waals surface area contributed by atoms with E-state index in [-0.39, 0.29) is 10.6 Å². The Hall–Kier alpha value is -1.58. The van der Waals surface area contributed by atoms with Crippen LogP contribution in [0.1, 0.15) is 44.6 Å². The second kappa shape index (κ2) is 5.59. The van der Waals surface area contributed by atoms with Crippen LogP contribution >= 0.6 is 0 Å². The number of aryl methyl sites for hydroxylation is 1. The predicted octanol–water partition coefficient (Wildman–Crippen LogP) is 4.29. The lowest BCUT2D eigenvalue weighted by atomic mass is 9.83. The number of rotatable bonds is 5. The highest BCUT2D eigenvalue weighted by atomic mass is 16.6. The van der Waals surface area contributed by atoms with Gasteiger partial charge in [-0.15, -0.1) is 0 Å². The van der Waals surface area contributed by atoms with Gasteiger partial charge in [-0.05, 0) is 37.7 Å². The van der Waals surface area contributed by atoms with Crippen LogP contribution < -0.4 is 5.32 Å². The Morgan fingerprint density at radius 3 is 2.63 bits per heavy atom. The molecule has 1 N–H and O–H groups in total. The summed E-state index contributed by atoms with van der Waals surface area (Å²) in [6, 6.07) is 5.47. The van der Waals surface area contributed by atoms with E-state index in [9.17, 15) is 10.1 Å². The van der Waals surface area contributed by atoms with Crippen LogP contribution in [0, 0.1) is 22.5 Å². The van der Waals surface area contributed by atoms with Crippen molar-refractivity contribution >= 4 is 11.4 Å². The van der Waals surface area contributed by atoms with Crippen molar-refractivity contribution in [2.75, 3.05) is 11.9 Å². The SMILES string of the molecule is CCC1(CNc2cccc(C)c2[N+](=O)[O-])CCCC1. The van der Waals surface area contributed by atoms with Crippen molar-refractivity contribution in [3.8, 4) is 0 Å². The Morgan fingerprint density at radius 1 is 1.37 bits per heavy atom. The fourth-order valence-corrected chi connectivity index (χ4v) is 3.11. The lowest BCUT2D eigenvalue weighted by Gasteiger charge is -2.28. The Bertz CT molecular complexity index is 465. The van der Waals surface area contributed by atoms with Gasteiger partial charge in [0.2, 0.25) is 0 Å². The number of hydrogen-bond donors (Lipinski definition) is 1. The summed E-state index contributed by atoms with van der Waals surface area (Å²) in [4.78, 5) is 10.9. The van der Waals surface area contributed by atoms with Crippen LogP contribution in [-0.4, -0.2) is 11.5 Å². The average Bonchev–Trinajstić information content (AvgIpc) is 2.85. The fourth-order valence-electron chi connectivity index (χ4n) is 3.11. The number of para-hydroxylation sites is 1. The third-order valence-corrected chi connectivity index (χ3v) is 4.49. The van der Waals surface area contributed by atoms with E-state index < -0.39 is 0 Å². The van der Waals surface area contributed by atoms with Gasteiger partial charge in [-0.2, -0.15) is 0 Å². The summed E-state index contributed by atoms with van der Waals surface area (Å²) >= 11 is 0. The molecule has 0 spiro atoms. The first-order valence-corrected chi connectivity index (χ1v) is 7.06. The largest absolute Gasteiger partial charge is 0.379 e. The van der Waals surface area contributed by atoms with Gasteiger partial charge in [0.25, 0.3) is 5.69 Å². The summed E-state index contributed by atoms with van der Waals surface area (Å²) in [5, 5.41) is 14.5. The van der Waals surface area contributed by atoms with Crippen LogP contribution in [0.4, 0.5) is 11.4 Å². The topological polar surface area (TPSA) is 55.2 Å². The van der Waals surface area contributed by atoms with Gasteiger partial charge in [-0.25, -0.2) is 0 Å². The van der Waals surface area contributed by atoms with Crippen LogP contribution in [-0.2, 0) is 0 Å². The molecule has 0 heterocycles. The van der Waals surface area contributed by atoms with Crippen molar-refractivity contribution in [2.24, 2.45) is 5.41 Å². The van der Waals surface area contributed by atoms with Gasteiger partial charge in [0.1, 0.15) is 5.69 Å². The van der Waals surface area contributed by atoms with E-state index in [1.807, 2.05) is 12.1 Å². The highest BCUT2D eigenvalue weighted by Crippen LogP contribution is 2.41. The van der Waals surface area contributed by atoms with Gasteiger partial charge in [0.15, 0.2) is 0 Å². The number of nitro groups is 1. The molecular weight excluding hydrogens is 240 g/mol. The maximum atomic E-state index is 11.2. The van der Waals surface area contributed by atoms with E-state index >= 15 is 0 Å². The Kier molecular flexibility index (Phi) is 4.08. The minimum atomic E-state index is -0.287. The van der Waals surface area contributed by atoms with Crippen LogP contribution in [0.5, 0.6) is 0 Å². The predicted molar refractivity (Wildman–Crippen MR) is 77.5 cm³/mol. The van der Waals surface area contributed by atoms with Gasteiger partial charge in [0.05, 0.1) is 4.92 Å². The van der Waals surface area contributed by atoms with E-state index in [2.05, 4.69) is 12.2 Å². The lowest BCUT2D eigenvalue weighted by molar-refractivity contribution is -0.384. The van der Waals surface area contributed by atoms with E-state index in [4.69, 9.17) is 0 Å². The molecular formula is C15H22N2O2. The van der Waals surface area contributed by atoms with Gasteiger partial charge >= 0.3 is 0 Å². The molecule has 2 rings (SSSR count). The molecule has 4 heteroatoms. The fraction of sp³-hybridized carbons (Fsp3) is 0.600. The van der Waals surface area contributed by atoms with E-state index in [1.54, 1.807) is 13.0 Å². The van der Waals surface area contributed by atoms with Gasteiger partial charge in [0, 0.05) is 12.1 Å². The van der Waals surface area contributed by atoms with Crippen molar-refractivity contribution in [3.63, 3.8) is 0 Å². The molecule has 0 unspecified atom stereocenters. The summed E-state index contributed by atoms with van der Waals surface area (Å²) in [5.74, 6) is 0. The van der Waals surface area contributed by atoms with Crippen LogP contribution in [0.3, 0.4) is 0 Å². The highest BCUT2D eigenvalue weighted by molar-refractivity contribution is 5.65. The summed E-state index contributed by atoms with van der Waals surface area (Å²) in [7, 11) is 0. The monoisotopic (exact) mass is 262 g/mol. The molecule has 0 aromatic heterocycles. The van der Waals surface area contributed by atoms with E-state index in [1.165, 1.54) is 25.7 Å². The molecule has 19 heavy (non-hydrogen) atoms. The average molecular weight is 262 g/mol. The summed E-state index contributed by atoms with van der Waals surface area (Å²) in [5.41, 5.74) is 1.92. The minimum Gasteiger partial charge on any atom is -0.379 e. The third-order valence-electron chi connectivity index (χ3n) is 4.49.